The van der Waals surface area contributed by atoms with Gasteiger partial charge in [-0.2, -0.15) is 0 Å². The van der Waals surface area contributed by atoms with Crippen molar-refractivity contribution >= 4 is 35.0 Å². The van der Waals surface area contributed by atoms with Crippen LogP contribution in [0.15, 0.2) is 59.6 Å². The Bertz CT molecular complexity index is 954. The molecule has 1 N–H and O–H groups in total. The van der Waals surface area contributed by atoms with E-state index in [1.807, 2.05) is 30.3 Å². The van der Waals surface area contributed by atoms with Crippen molar-refractivity contribution in [3.8, 4) is 17.0 Å². The van der Waals surface area contributed by atoms with Crippen molar-refractivity contribution in [3.05, 3.63) is 65.4 Å². The molecule has 0 fully saturated rings. The van der Waals surface area contributed by atoms with Crippen LogP contribution in [0.25, 0.3) is 11.3 Å². The Hall–Kier alpha value is -2.64. The molecule has 0 saturated carbocycles. The second-order valence-corrected chi connectivity index (χ2v) is 6.83. The molecular weight excluding hydrogens is 389 g/mol. The summed E-state index contributed by atoms with van der Waals surface area (Å²) in [5, 5.41) is 11.5. The molecule has 0 aliphatic rings. The minimum Gasteiger partial charge on any atom is -0.496 e. The number of nitrogens with zero attached hydrogens (tertiary/aromatic N) is 2. The molecule has 3 rings (SSSR count). The zero-order valence-electron chi connectivity index (χ0n) is 14.3. The number of hydrogen-bond acceptors (Lipinski definition) is 5. The van der Waals surface area contributed by atoms with Gasteiger partial charge in [-0.15, -0.1) is 10.2 Å². The van der Waals surface area contributed by atoms with Crippen LogP contribution in [-0.4, -0.2) is 29.0 Å². The Morgan fingerprint density at radius 1 is 1.19 bits per heavy atom. The molecule has 0 radical (unpaired) electrons. The lowest BCUT2D eigenvalue weighted by molar-refractivity contribution is -0.113. The van der Waals surface area contributed by atoms with Gasteiger partial charge in [0.25, 0.3) is 0 Å². The smallest absolute Gasteiger partial charge is 0.234 e. The molecule has 0 saturated heterocycles. The first kappa shape index (κ1) is 19.1. The predicted octanol–water partition coefficient (Wildman–Crippen LogP) is 4.68. The van der Waals surface area contributed by atoms with Gasteiger partial charge in [-0.25, -0.2) is 4.39 Å². The van der Waals surface area contributed by atoms with E-state index in [1.165, 1.54) is 30.0 Å². The summed E-state index contributed by atoms with van der Waals surface area (Å²) in [4.78, 5) is 12.0. The SMILES string of the molecule is COc1ccccc1-c1ccc(SCC(=O)Nc2ccc(Cl)c(F)c2)nn1. The van der Waals surface area contributed by atoms with E-state index in [2.05, 4.69) is 15.5 Å². The number of amides is 1. The highest BCUT2D eigenvalue weighted by Gasteiger charge is 2.09. The predicted molar refractivity (Wildman–Crippen MR) is 105 cm³/mol. The molecule has 0 atom stereocenters. The first-order chi connectivity index (χ1) is 13.1. The number of nitrogens with one attached hydrogen (secondary N) is 1. The molecule has 0 bridgehead atoms. The number of anilines is 1. The molecule has 0 unspecified atom stereocenters. The number of halogens is 2. The maximum absolute atomic E-state index is 13.4. The topological polar surface area (TPSA) is 64.1 Å². The third kappa shape index (κ3) is 4.96. The summed E-state index contributed by atoms with van der Waals surface area (Å²) in [6, 6.07) is 15.2. The van der Waals surface area contributed by atoms with Gasteiger partial charge in [0, 0.05) is 11.3 Å². The number of ether oxygens (including phenoxy) is 1. The van der Waals surface area contributed by atoms with Gasteiger partial charge in [0.15, 0.2) is 0 Å². The Kier molecular flexibility index (Phi) is 6.26. The lowest BCUT2D eigenvalue weighted by Crippen LogP contribution is -2.14. The number of benzene rings is 2. The first-order valence-corrected chi connectivity index (χ1v) is 9.28. The summed E-state index contributed by atoms with van der Waals surface area (Å²) >= 11 is 6.85. The lowest BCUT2D eigenvalue weighted by Gasteiger charge is -2.08. The van der Waals surface area contributed by atoms with Crippen LogP contribution < -0.4 is 10.1 Å². The fraction of sp³-hybridized carbons (Fsp3) is 0.105. The molecule has 1 heterocycles. The molecule has 1 aromatic heterocycles. The molecule has 8 heteroatoms. The van der Waals surface area contributed by atoms with Gasteiger partial charge in [0.1, 0.15) is 16.6 Å². The van der Waals surface area contributed by atoms with E-state index in [0.717, 1.165) is 5.56 Å². The molecule has 0 aliphatic heterocycles. The highest BCUT2D eigenvalue weighted by Crippen LogP contribution is 2.28. The summed E-state index contributed by atoms with van der Waals surface area (Å²) in [5.74, 6) is -0.0357. The summed E-state index contributed by atoms with van der Waals surface area (Å²) in [5.41, 5.74) is 1.87. The minimum absolute atomic E-state index is 0.00721. The average Bonchev–Trinajstić information content (AvgIpc) is 2.69. The van der Waals surface area contributed by atoms with E-state index in [9.17, 15) is 9.18 Å². The highest BCUT2D eigenvalue weighted by molar-refractivity contribution is 7.99. The minimum atomic E-state index is -0.583. The van der Waals surface area contributed by atoms with Crippen LogP contribution in [0.4, 0.5) is 10.1 Å². The normalized spacial score (nSPS) is 10.5. The molecular formula is C19H15ClFN3O2S. The largest absolute Gasteiger partial charge is 0.496 e. The van der Waals surface area contributed by atoms with Crippen LogP contribution >= 0.6 is 23.4 Å². The molecule has 27 heavy (non-hydrogen) atoms. The molecule has 1 amide bonds. The second kappa shape index (κ2) is 8.83. The van der Waals surface area contributed by atoms with Crippen molar-refractivity contribution < 1.29 is 13.9 Å². The number of methoxy groups -OCH3 is 1. The van der Waals surface area contributed by atoms with Gasteiger partial charge in [0.2, 0.25) is 5.91 Å². The number of carbonyl (C=O) groups excluding carboxylic acids is 1. The summed E-state index contributed by atoms with van der Waals surface area (Å²) in [6.45, 7) is 0. The Morgan fingerprint density at radius 2 is 2.00 bits per heavy atom. The van der Waals surface area contributed by atoms with Crippen molar-refractivity contribution in [3.63, 3.8) is 0 Å². The summed E-state index contributed by atoms with van der Waals surface area (Å²) < 4.78 is 18.7. The molecule has 5 nitrogen and oxygen atoms in total. The zero-order valence-corrected chi connectivity index (χ0v) is 15.9. The van der Waals surface area contributed by atoms with Crippen LogP contribution in [-0.2, 0) is 4.79 Å². The second-order valence-electron chi connectivity index (χ2n) is 5.42. The highest BCUT2D eigenvalue weighted by atomic mass is 35.5. The monoisotopic (exact) mass is 403 g/mol. The number of aromatic nitrogens is 2. The van der Waals surface area contributed by atoms with E-state index in [-0.39, 0.29) is 16.7 Å². The zero-order chi connectivity index (χ0) is 19.2. The van der Waals surface area contributed by atoms with Crippen LogP contribution in [0.5, 0.6) is 5.75 Å². The van der Waals surface area contributed by atoms with Gasteiger partial charge < -0.3 is 10.1 Å². The maximum atomic E-state index is 13.4. The summed E-state index contributed by atoms with van der Waals surface area (Å²) in [6.07, 6.45) is 0. The quantitative estimate of drug-likeness (QED) is 0.605. The summed E-state index contributed by atoms with van der Waals surface area (Å²) in [7, 11) is 1.60. The third-order valence-electron chi connectivity index (χ3n) is 3.58. The van der Waals surface area contributed by atoms with Gasteiger partial charge in [0.05, 0.1) is 23.6 Å². The average molecular weight is 404 g/mol. The fourth-order valence-electron chi connectivity index (χ4n) is 2.31. The first-order valence-electron chi connectivity index (χ1n) is 7.91. The number of hydrogen-bond donors (Lipinski definition) is 1. The van der Waals surface area contributed by atoms with Crippen LogP contribution in [0.1, 0.15) is 0 Å². The number of para-hydroxylation sites is 1. The van der Waals surface area contributed by atoms with E-state index < -0.39 is 5.82 Å². The van der Waals surface area contributed by atoms with Gasteiger partial charge in [-0.05, 0) is 42.5 Å². The van der Waals surface area contributed by atoms with Crippen molar-refractivity contribution in [2.75, 3.05) is 18.2 Å². The fourth-order valence-corrected chi connectivity index (χ4v) is 3.04. The van der Waals surface area contributed by atoms with E-state index in [1.54, 1.807) is 13.2 Å². The van der Waals surface area contributed by atoms with Gasteiger partial charge in [-0.1, -0.05) is 35.5 Å². The van der Waals surface area contributed by atoms with E-state index in [0.29, 0.717) is 22.2 Å². The van der Waals surface area contributed by atoms with E-state index >= 15 is 0 Å². The molecule has 2 aromatic carbocycles. The van der Waals surface area contributed by atoms with Crippen LogP contribution in [0.2, 0.25) is 5.02 Å². The van der Waals surface area contributed by atoms with Crippen molar-refractivity contribution in [1.29, 1.82) is 0 Å². The Balaban J connectivity index is 1.60. The standard InChI is InChI=1S/C19H15ClFN3O2S/c1-26-17-5-3-2-4-13(17)16-8-9-19(24-23-16)27-11-18(25)22-12-6-7-14(20)15(21)10-12/h2-10H,11H2,1H3,(H,22,25). The van der Waals surface area contributed by atoms with Gasteiger partial charge >= 0.3 is 0 Å². The number of carbonyl (C=O) groups is 1. The molecule has 0 spiro atoms. The maximum Gasteiger partial charge on any atom is 0.234 e. The van der Waals surface area contributed by atoms with Gasteiger partial charge in [-0.3, -0.25) is 4.79 Å². The van der Waals surface area contributed by atoms with Crippen LogP contribution in [0, 0.1) is 5.82 Å². The Labute approximate surface area is 164 Å². The van der Waals surface area contributed by atoms with E-state index in [4.69, 9.17) is 16.3 Å². The van der Waals surface area contributed by atoms with Crippen molar-refractivity contribution in [1.82, 2.24) is 10.2 Å². The Morgan fingerprint density at radius 3 is 2.70 bits per heavy atom. The molecule has 0 aliphatic carbocycles. The number of rotatable bonds is 6. The van der Waals surface area contributed by atoms with Crippen LogP contribution in [0.3, 0.4) is 0 Å². The molecule has 3 aromatic rings. The number of thioether (sulfide) groups is 1. The van der Waals surface area contributed by atoms with Crippen molar-refractivity contribution in [2.45, 2.75) is 5.03 Å². The lowest BCUT2D eigenvalue weighted by atomic mass is 10.1. The van der Waals surface area contributed by atoms with Crippen molar-refractivity contribution in [2.24, 2.45) is 0 Å². The third-order valence-corrected chi connectivity index (χ3v) is 4.80. The molecule has 138 valence electrons.